The van der Waals surface area contributed by atoms with Gasteiger partial charge in [0.15, 0.2) is 0 Å². The largest absolute Gasteiger partial charge is 0.330 e. The predicted octanol–water partition coefficient (Wildman–Crippen LogP) is 2.41. The van der Waals surface area contributed by atoms with Crippen molar-refractivity contribution in [2.45, 2.75) is 39.5 Å². The summed E-state index contributed by atoms with van der Waals surface area (Å²) >= 11 is 0. The van der Waals surface area contributed by atoms with Crippen LogP contribution in [0.1, 0.15) is 39.5 Å². The summed E-state index contributed by atoms with van der Waals surface area (Å²) in [7, 11) is 0. The molecular weight excluding hydrogens is 134 g/mol. The van der Waals surface area contributed by atoms with Crippen molar-refractivity contribution in [2.75, 3.05) is 6.54 Å². The van der Waals surface area contributed by atoms with Gasteiger partial charge in [-0.25, -0.2) is 0 Å². The van der Waals surface area contributed by atoms with Crippen LogP contribution in [0.5, 0.6) is 0 Å². The van der Waals surface area contributed by atoms with Crippen molar-refractivity contribution in [2.24, 2.45) is 23.5 Å². The first-order chi connectivity index (χ1) is 5.25. The standard InChI is InChI=1S/C10H21N/c1-8(2)10-6-4-3-5-9(10)7-11/h8-10H,3-7,11H2,1-2H3/t9-,10-/m0/s1. The third-order valence-electron chi connectivity index (χ3n) is 3.13. The Labute approximate surface area is 70.4 Å². The van der Waals surface area contributed by atoms with Crippen molar-refractivity contribution in [3.63, 3.8) is 0 Å². The molecule has 1 aliphatic carbocycles. The highest BCUT2D eigenvalue weighted by Gasteiger charge is 2.25. The summed E-state index contributed by atoms with van der Waals surface area (Å²) in [6.07, 6.45) is 5.63. The van der Waals surface area contributed by atoms with Crippen LogP contribution >= 0.6 is 0 Å². The minimum absolute atomic E-state index is 0.823. The molecule has 0 heterocycles. The minimum Gasteiger partial charge on any atom is -0.330 e. The second-order valence-electron chi connectivity index (χ2n) is 4.19. The van der Waals surface area contributed by atoms with Crippen LogP contribution in [0.3, 0.4) is 0 Å². The molecule has 66 valence electrons. The van der Waals surface area contributed by atoms with Gasteiger partial charge in [0.25, 0.3) is 0 Å². The van der Waals surface area contributed by atoms with Gasteiger partial charge in [-0.15, -0.1) is 0 Å². The monoisotopic (exact) mass is 155 g/mol. The number of hydrogen-bond acceptors (Lipinski definition) is 1. The highest BCUT2D eigenvalue weighted by atomic mass is 14.6. The first kappa shape index (κ1) is 9.05. The molecule has 1 heteroatoms. The van der Waals surface area contributed by atoms with Gasteiger partial charge in [0.05, 0.1) is 0 Å². The van der Waals surface area contributed by atoms with E-state index in [1.165, 1.54) is 25.7 Å². The highest BCUT2D eigenvalue weighted by molar-refractivity contribution is 4.77. The Bertz CT molecular complexity index is 109. The zero-order chi connectivity index (χ0) is 8.27. The average molecular weight is 155 g/mol. The molecule has 1 rings (SSSR count). The van der Waals surface area contributed by atoms with E-state index in [4.69, 9.17) is 5.73 Å². The Morgan fingerprint density at radius 2 is 1.91 bits per heavy atom. The second kappa shape index (κ2) is 4.10. The molecule has 1 aliphatic rings. The van der Waals surface area contributed by atoms with E-state index in [-0.39, 0.29) is 0 Å². The Hall–Kier alpha value is -0.0400. The molecule has 0 amide bonds. The molecule has 2 atom stereocenters. The SMILES string of the molecule is CC(C)[C@@H]1CCCC[C@H]1CN. The highest BCUT2D eigenvalue weighted by Crippen LogP contribution is 2.34. The van der Waals surface area contributed by atoms with Crippen molar-refractivity contribution in [3.05, 3.63) is 0 Å². The zero-order valence-corrected chi connectivity index (χ0v) is 7.84. The molecule has 0 radical (unpaired) electrons. The van der Waals surface area contributed by atoms with Gasteiger partial charge in [0.2, 0.25) is 0 Å². The fourth-order valence-electron chi connectivity index (χ4n) is 2.41. The van der Waals surface area contributed by atoms with E-state index in [0.29, 0.717) is 0 Å². The third kappa shape index (κ3) is 2.19. The van der Waals surface area contributed by atoms with Gasteiger partial charge in [0, 0.05) is 0 Å². The maximum atomic E-state index is 5.73. The molecule has 0 aromatic carbocycles. The van der Waals surface area contributed by atoms with Crippen LogP contribution in [0.25, 0.3) is 0 Å². The summed E-state index contributed by atoms with van der Waals surface area (Å²) in [6, 6.07) is 0. The molecule has 11 heavy (non-hydrogen) atoms. The molecule has 1 fully saturated rings. The van der Waals surface area contributed by atoms with E-state index in [0.717, 1.165) is 24.3 Å². The van der Waals surface area contributed by atoms with E-state index in [1.807, 2.05) is 0 Å². The fraction of sp³-hybridized carbons (Fsp3) is 1.00. The molecule has 1 nitrogen and oxygen atoms in total. The van der Waals surface area contributed by atoms with Gasteiger partial charge in [-0.3, -0.25) is 0 Å². The first-order valence-corrected chi connectivity index (χ1v) is 4.95. The van der Waals surface area contributed by atoms with Gasteiger partial charge in [0.1, 0.15) is 0 Å². The van der Waals surface area contributed by atoms with Crippen molar-refractivity contribution in [3.8, 4) is 0 Å². The molecular formula is C10H21N. The lowest BCUT2D eigenvalue weighted by molar-refractivity contribution is 0.186. The summed E-state index contributed by atoms with van der Waals surface area (Å²) in [5, 5.41) is 0. The van der Waals surface area contributed by atoms with Crippen molar-refractivity contribution < 1.29 is 0 Å². The smallest absolute Gasteiger partial charge is 0.00461 e. The lowest BCUT2D eigenvalue weighted by atomic mass is 9.74. The summed E-state index contributed by atoms with van der Waals surface area (Å²) in [5.74, 6) is 2.57. The lowest BCUT2D eigenvalue weighted by Crippen LogP contribution is -2.29. The normalized spacial score (nSPS) is 32.7. The summed E-state index contributed by atoms with van der Waals surface area (Å²) in [6.45, 7) is 5.57. The first-order valence-electron chi connectivity index (χ1n) is 4.95. The molecule has 0 aromatic rings. The van der Waals surface area contributed by atoms with Gasteiger partial charge < -0.3 is 5.73 Å². The van der Waals surface area contributed by atoms with Gasteiger partial charge in [-0.2, -0.15) is 0 Å². The van der Waals surface area contributed by atoms with Crippen molar-refractivity contribution in [1.29, 1.82) is 0 Å². The Morgan fingerprint density at radius 1 is 1.27 bits per heavy atom. The van der Waals surface area contributed by atoms with Crippen LogP contribution in [0.4, 0.5) is 0 Å². The Kier molecular flexibility index (Phi) is 3.38. The van der Waals surface area contributed by atoms with Crippen LogP contribution in [0, 0.1) is 17.8 Å². The zero-order valence-electron chi connectivity index (χ0n) is 7.84. The summed E-state index contributed by atoms with van der Waals surface area (Å²) in [5.41, 5.74) is 5.73. The number of rotatable bonds is 2. The van der Waals surface area contributed by atoms with Crippen molar-refractivity contribution >= 4 is 0 Å². The Balaban J connectivity index is 2.44. The Morgan fingerprint density at radius 3 is 2.36 bits per heavy atom. The lowest BCUT2D eigenvalue weighted by Gasteiger charge is -2.33. The fourth-order valence-corrected chi connectivity index (χ4v) is 2.41. The van der Waals surface area contributed by atoms with E-state index >= 15 is 0 Å². The molecule has 1 saturated carbocycles. The van der Waals surface area contributed by atoms with Crippen LogP contribution in [0.15, 0.2) is 0 Å². The quantitative estimate of drug-likeness (QED) is 0.651. The van der Waals surface area contributed by atoms with E-state index in [1.54, 1.807) is 0 Å². The summed E-state index contributed by atoms with van der Waals surface area (Å²) in [4.78, 5) is 0. The predicted molar refractivity (Wildman–Crippen MR) is 49.3 cm³/mol. The maximum absolute atomic E-state index is 5.73. The summed E-state index contributed by atoms with van der Waals surface area (Å²) < 4.78 is 0. The van der Waals surface area contributed by atoms with Gasteiger partial charge in [-0.05, 0) is 37.1 Å². The van der Waals surface area contributed by atoms with E-state index in [2.05, 4.69) is 13.8 Å². The molecule has 0 unspecified atom stereocenters. The van der Waals surface area contributed by atoms with Crippen LogP contribution < -0.4 is 5.73 Å². The number of hydrogen-bond donors (Lipinski definition) is 1. The van der Waals surface area contributed by atoms with E-state index < -0.39 is 0 Å². The minimum atomic E-state index is 0.823. The average Bonchev–Trinajstić information content (AvgIpc) is 2.04. The topological polar surface area (TPSA) is 26.0 Å². The van der Waals surface area contributed by atoms with Crippen LogP contribution in [-0.2, 0) is 0 Å². The third-order valence-corrected chi connectivity index (χ3v) is 3.13. The number of nitrogens with two attached hydrogens (primary N) is 1. The molecule has 0 aliphatic heterocycles. The molecule has 0 saturated heterocycles. The van der Waals surface area contributed by atoms with Crippen LogP contribution in [0.2, 0.25) is 0 Å². The van der Waals surface area contributed by atoms with E-state index in [9.17, 15) is 0 Å². The van der Waals surface area contributed by atoms with Crippen molar-refractivity contribution in [1.82, 2.24) is 0 Å². The molecule has 0 aromatic heterocycles. The molecule has 2 N–H and O–H groups in total. The second-order valence-corrected chi connectivity index (χ2v) is 4.19. The maximum Gasteiger partial charge on any atom is -0.00461 e. The molecule has 0 spiro atoms. The molecule has 0 bridgehead atoms. The van der Waals surface area contributed by atoms with Crippen LogP contribution in [-0.4, -0.2) is 6.54 Å². The van der Waals surface area contributed by atoms with Gasteiger partial charge in [-0.1, -0.05) is 26.7 Å². The van der Waals surface area contributed by atoms with Gasteiger partial charge >= 0.3 is 0 Å².